The van der Waals surface area contributed by atoms with Gasteiger partial charge in [0.15, 0.2) is 0 Å². The van der Waals surface area contributed by atoms with Crippen LogP contribution in [0.4, 0.5) is 0 Å². The lowest BCUT2D eigenvalue weighted by Gasteiger charge is -2.37. The molecular weight excluding hydrogens is 395 g/mol. The van der Waals surface area contributed by atoms with Gasteiger partial charge in [0.1, 0.15) is 19.6 Å². The average molecular weight is 420 g/mol. The standard InChI is InChI=1S/C22H24Cl2N2O2/c1-26(10-12-28-13-11-26)16-19-4-2-18(3-5-19)15-25-22(27)9-7-17-6-8-20(23)21(24)14-17/h2-9,14H,10-13,15-16H2,1H3/p+1/b9-7+. The molecule has 148 valence electrons. The summed E-state index contributed by atoms with van der Waals surface area (Å²) in [5.74, 6) is -0.151. The molecule has 1 heterocycles. The van der Waals surface area contributed by atoms with E-state index in [-0.39, 0.29) is 5.91 Å². The normalized spacial score (nSPS) is 16.2. The molecule has 28 heavy (non-hydrogen) atoms. The summed E-state index contributed by atoms with van der Waals surface area (Å²) in [7, 11) is 2.27. The van der Waals surface area contributed by atoms with Gasteiger partial charge in [0.25, 0.3) is 0 Å². The van der Waals surface area contributed by atoms with Gasteiger partial charge in [-0.2, -0.15) is 0 Å². The van der Waals surface area contributed by atoms with Gasteiger partial charge in [-0.25, -0.2) is 0 Å². The number of nitrogens with zero attached hydrogens (tertiary/aromatic N) is 1. The van der Waals surface area contributed by atoms with Crippen LogP contribution in [-0.4, -0.2) is 43.7 Å². The van der Waals surface area contributed by atoms with Crippen LogP contribution in [0, 0.1) is 0 Å². The summed E-state index contributed by atoms with van der Waals surface area (Å²) in [6, 6.07) is 13.7. The van der Waals surface area contributed by atoms with Crippen LogP contribution in [0.25, 0.3) is 6.08 Å². The number of carbonyl (C=O) groups is 1. The zero-order valence-electron chi connectivity index (χ0n) is 16.0. The summed E-state index contributed by atoms with van der Waals surface area (Å²) in [5.41, 5.74) is 3.21. The summed E-state index contributed by atoms with van der Waals surface area (Å²) in [4.78, 5) is 12.0. The minimum atomic E-state index is -0.151. The number of hydrogen-bond donors (Lipinski definition) is 1. The monoisotopic (exact) mass is 419 g/mol. The quantitative estimate of drug-likeness (QED) is 0.559. The number of quaternary nitrogens is 1. The highest BCUT2D eigenvalue weighted by molar-refractivity contribution is 6.42. The summed E-state index contributed by atoms with van der Waals surface area (Å²) in [6.07, 6.45) is 3.21. The molecule has 1 saturated heterocycles. The number of nitrogens with one attached hydrogen (secondary N) is 1. The van der Waals surface area contributed by atoms with Crippen molar-refractivity contribution in [1.82, 2.24) is 5.32 Å². The molecule has 1 aliphatic heterocycles. The smallest absolute Gasteiger partial charge is 0.244 e. The maximum absolute atomic E-state index is 12.0. The lowest BCUT2D eigenvalue weighted by molar-refractivity contribution is -0.929. The summed E-state index contributed by atoms with van der Waals surface area (Å²) < 4.78 is 6.47. The summed E-state index contributed by atoms with van der Waals surface area (Å²) in [6.45, 7) is 5.24. The fourth-order valence-corrected chi connectivity index (χ4v) is 3.49. The Morgan fingerprint density at radius 2 is 1.75 bits per heavy atom. The number of likely N-dealkylation sites (N-methyl/N-ethyl adjacent to an activating group) is 1. The number of benzene rings is 2. The lowest BCUT2D eigenvalue weighted by Crippen LogP contribution is -2.51. The first-order valence-corrected chi connectivity index (χ1v) is 10.1. The molecular formula is C22H25Cl2N2O2+. The summed E-state index contributed by atoms with van der Waals surface area (Å²) >= 11 is 11.9. The van der Waals surface area contributed by atoms with Crippen molar-refractivity contribution in [2.24, 2.45) is 0 Å². The second kappa shape index (κ2) is 9.57. The Bertz CT molecular complexity index is 844. The molecule has 0 unspecified atom stereocenters. The van der Waals surface area contributed by atoms with Crippen molar-refractivity contribution in [3.63, 3.8) is 0 Å². The van der Waals surface area contributed by atoms with Crippen molar-refractivity contribution < 1.29 is 14.0 Å². The minimum absolute atomic E-state index is 0.151. The van der Waals surface area contributed by atoms with E-state index < -0.39 is 0 Å². The predicted octanol–water partition coefficient (Wildman–Crippen LogP) is 4.30. The molecule has 4 nitrogen and oxygen atoms in total. The van der Waals surface area contributed by atoms with E-state index in [1.807, 2.05) is 6.07 Å². The molecule has 0 aliphatic carbocycles. The Kier molecular flexibility index (Phi) is 7.13. The molecule has 0 radical (unpaired) electrons. The largest absolute Gasteiger partial charge is 0.370 e. The number of carbonyl (C=O) groups excluding carboxylic acids is 1. The molecule has 2 aromatic rings. The zero-order chi connectivity index (χ0) is 20.0. The highest BCUT2D eigenvalue weighted by atomic mass is 35.5. The first-order valence-electron chi connectivity index (χ1n) is 9.34. The van der Waals surface area contributed by atoms with Gasteiger partial charge in [-0.15, -0.1) is 0 Å². The third kappa shape index (κ3) is 6.08. The van der Waals surface area contributed by atoms with E-state index in [0.29, 0.717) is 16.6 Å². The van der Waals surface area contributed by atoms with E-state index in [9.17, 15) is 4.79 Å². The number of halogens is 2. The van der Waals surface area contributed by atoms with Crippen LogP contribution in [-0.2, 0) is 22.6 Å². The minimum Gasteiger partial charge on any atom is -0.370 e. The average Bonchev–Trinajstić information content (AvgIpc) is 2.68. The molecule has 1 aliphatic rings. The Morgan fingerprint density at radius 3 is 2.43 bits per heavy atom. The van der Waals surface area contributed by atoms with Crippen molar-refractivity contribution in [2.45, 2.75) is 13.1 Å². The second-order valence-corrected chi connectivity index (χ2v) is 8.19. The van der Waals surface area contributed by atoms with Gasteiger partial charge in [0, 0.05) is 18.2 Å². The van der Waals surface area contributed by atoms with Crippen LogP contribution >= 0.6 is 23.2 Å². The van der Waals surface area contributed by atoms with Crippen molar-refractivity contribution >= 4 is 35.2 Å². The molecule has 0 spiro atoms. The molecule has 2 aromatic carbocycles. The van der Waals surface area contributed by atoms with E-state index in [2.05, 4.69) is 36.6 Å². The maximum atomic E-state index is 12.0. The Hall–Kier alpha value is -1.85. The van der Waals surface area contributed by atoms with Gasteiger partial charge in [-0.3, -0.25) is 4.79 Å². The van der Waals surface area contributed by atoms with Gasteiger partial charge in [-0.05, 0) is 29.3 Å². The van der Waals surface area contributed by atoms with Gasteiger partial charge in [-0.1, -0.05) is 53.5 Å². The first-order chi connectivity index (χ1) is 13.4. The number of rotatable bonds is 6. The maximum Gasteiger partial charge on any atom is 0.244 e. The molecule has 1 fully saturated rings. The highest BCUT2D eigenvalue weighted by Crippen LogP contribution is 2.23. The molecule has 0 atom stereocenters. The molecule has 6 heteroatoms. The fraction of sp³-hybridized carbons (Fsp3) is 0.318. The van der Waals surface area contributed by atoms with Crippen molar-refractivity contribution in [1.29, 1.82) is 0 Å². The topological polar surface area (TPSA) is 38.3 Å². The van der Waals surface area contributed by atoms with Gasteiger partial charge >= 0.3 is 0 Å². The van der Waals surface area contributed by atoms with E-state index >= 15 is 0 Å². The third-order valence-corrected chi connectivity index (χ3v) is 5.71. The molecule has 3 rings (SSSR count). The second-order valence-electron chi connectivity index (χ2n) is 7.38. The van der Waals surface area contributed by atoms with Crippen LogP contribution in [0.5, 0.6) is 0 Å². The fourth-order valence-electron chi connectivity index (χ4n) is 3.18. The van der Waals surface area contributed by atoms with Crippen molar-refractivity contribution in [2.75, 3.05) is 33.4 Å². The Morgan fingerprint density at radius 1 is 1.07 bits per heavy atom. The summed E-state index contributed by atoms with van der Waals surface area (Å²) in [5, 5.41) is 3.86. The third-order valence-electron chi connectivity index (χ3n) is 4.98. The number of hydrogen-bond acceptors (Lipinski definition) is 2. The van der Waals surface area contributed by atoms with Gasteiger partial charge in [0.05, 0.1) is 30.3 Å². The van der Waals surface area contributed by atoms with Crippen LogP contribution in [0.1, 0.15) is 16.7 Å². The number of morpholine rings is 1. The molecule has 0 saturated carbocycles. The SMILES string of the molecule is C[N+]1(Cc2ccc(CNC(=O)/C=C/c3ccc(Cl)c(Cl)c3)cc2)CCOCC1. The number of ether oxygens (including phenoxy) is 1. The molecule has 0 aromatic heterocycles. The highest BCUT2D eigenvalue weighted by Gasteiger charge is 2.25. The van der Waals surface area contributed by atoms with Crippen LogP contribution in [0.15, 0.2) is 48.5 Å². The molecule has 1 N–H and O–H groups in total. The van der Waals surface area contributed by atoms with E-state index in [1.54, 1.807) is 18.2 Å². The van der Waals surface area contributed by atoms with E-state index in [0.717, 1.165) is 48.5 Å². The Balaban J connectivity index is 1.49. The predicted molar refractivity (Wildman–Crippen MR) is 114 cm³/mol. The van der Waals surface area contributed by atoms with E-state index in [1.165, 1.54) is 11.6 Å². The van der Waals surface area contributed by atoms with Gasteiger partial charge < -0.3 is 14.5 Å². The molecule has 0 bridgehead atoms. The van der Waals surface area contributed by atoms with Crippen molar-refractivity contribution in [3.8, 4) is 0 Å². The zero-order valence-corrected chi connectivity index (χ0v) is 17.5. The van der Waals surface area contributed by atoms with Gasteiger partial charge in [0.2, 0.25) is 5.91 Å². The number of amides is 1. The Labute approximate surface area is 176 Å². The lowest BCUT2D eigenvalue weighted by atomic mass is 10.1. The first kappa shape index (κ1) is 20.9. The van der Waals surface area contributed by atoms with Crippen molar-refractivity contribution in [3.05, 3.63) is 75.3 Å². The van der Waals surface area contributed by atoms with E-state index in [4.69, 9.17) is 27.9 Å². The molecule has 1 amide bonds. The van der Waals surface area contributed by atoms with Crippen LogP contribution in [0.3, 0.4) is 0 Å². The van der Waals surface area contributed by atoms with Crippen LogP contribution < -0.4 is 5.32 Å². The van der Waals surface area contributed by atoms with Crippen LogP contribution in [0.2, 0.25) is 10.0 Å².